The molecular weight excluding hydrogens is 399 g/mol. The van der Waals surface area contributed by atoms with Crippen LogP contribution in [0.5, 0.6) is 11.5 Å². The quantitative estimate of drug-likeness (QED) is 0.674. The van der Waals surface area contributed by atoms with Crippen molar-refractivity contribution in [3.8, 4) is 11.5 Å². The second-order valence-electron chi connectivity index (χ2n) is 7.88. The molecule has 1 aliphatic rings. The summed E-state index contributed by atoms with van der Waals surface area (Å²) in [5.74, 6) is 0.0630. The van der Waals surface area contributed by atoms with Gasteiger partial charge in [0, 0.05) is 17.5 Å². The lowest BCUT2D eigenvalue weighted by atomic mass is 9.69. The van der Waals surface area contributed by atoms with Crippen molar-refractivity contribution >= 4 is 11.8 Å². The van der Waals surface area contributed by atoms with E-state index in [2.05, 4.69) is 10.6 Å². The van der Waals surface area contributed by atoms with E-state index in [1.807, 2.05) is 12.1 Å². The van der Waals surface area contributed by atoms with E-state index in [0.717, 1.165) is 37.7 Å². The predicted octanol–water partition coefficient (Wildman–Crippen LogP) is 3.59. The third-order valence-electron chi connectivity index (χ3n) is 5.95. The molecular formula is C24H29FN2O4. The minimum Gasteiger partial charge on any atom is -0.493 e. The standard InChI is InChI=1S/C24H29FN2O4/c1-30-20-11-6-17(14-21(20)31-2)23(29)26-15-22(28)27-16-24(12-4-3-5-13-24)18-7-9-19(25)10-8-18/h6-11,14H,3-5,12-13,15-16H2,1-2H3,(H,26,29)(H,27,28). The highest BCUT2D eigenvalue weighted by atomic mass is 19.1. The highest BCUT2D eigenvalue weighted by Gasteiger charge is 2.34. The summed E-state index contributed by atoms with van der Waals surface area (Å²) in [6, 6.07) is 11.4. The number of hydrogen-bond donors (Lipinski definition) is 2. The maximum absolute atomic E-state index is 13.4. The third kappa shape index (κ3) is 5.54. The zero-order valence-corrected chi connectivity index (χ0v) is 18.0. The van der Waals surface area contributed by atoms with E-state index in [1.54, 1.807) is 18.2 Å². The van der Waals surface area contributed by atoms with E-state index in [1.165, 1.54) is 26.4 Å². The molecule has 3 rings (SSSR count). The molecule has 0 radical (unpaired) electrons. The van der Waals surface area contributed by atoms with Crippen molar-refractivity contribution in [2.24, 2.45) is 0 Å². The van der Waals surface area contributed by atoms with Gasteiger partial charge in [-0.2, -0.15) is 0 Å². The van der Waals surface area contributed by atoms with Crippen molar-refractivity contribution in [1.82, 2.24) is 10.6 Å². The van der Waals surface area contributed by atoms with Gasteiger partial charge >= 0.3 is 0 Å². The van der Waals surface area contributed by atoms with Crippen LogP contribution >= 0.6 is 0 Å². The lowest BCUT2D eigenvalue weighted by molar-refractivity contribution is -0.120. The van der Waals surface area contributed by atoms with Crippen LogP contribution in [0.15, 0.2) is 42.5 Å². The van der Waals surface area contributed by atoms with Gasteiger partial charge in [-0.15, -0.1) is 0 Å². The SMILES string of the molecule is COc1ccc(C(=O)NCC(=O)NCC2(c3ccc(F)cc3)CCCCC2)cc1OC. The van der Waals surface area contributed by atoms with Crippen molar-refractivity contribution in [2.75, 3.05) is 27.3 Å². The maximum Gasteiger partial charge on any atom is 0.251 e. The van der Waals surface area contributed by atoms with Crippen LogP contribution in [-0.2, 0) is 10.2 Å². The summed E-state index contributed by atoms with van der Waals surface area (Å²) in [5, 5.41) is 5.60. The summed E-state index contributed by atoms with van der Waals surface area (Å²) in [7, 11) is 3.02. The molecule has 0 aromatic heterocycles. The third-order valence-corrected chi connectivity index (χ3v) is 5.95. The van der Waals surface area contributed by atoms with Crippen molar-refractivity contribution < 1.29 is 23.5 Å². The lowest BCUT2D eigenvalue weighted by Gasteiger charge is -2.38. The van der Waals surface area contributed by atoms with Crippen LogP contribution in [0.25, 0.3) is 0 Å². The van der Waals surface area contributed by atoms with Crippen molar-refractivity contribution in [3.63, 3.8) is 0 Å². The Kier molecular flexibility index (Phi) is 7.50. The van der Waals surface area contributed by atoms with Crippen LogP contribution in [-0.4, -0.2) is 39.1 Å². The summed E-state index contributed by atoms with van der Waals surface area (Å²) in [5.41, 5.74) is 1.22. The average molecular weight is 429 g/mol. The van der Waals surface area contributed by atoms with Gasteiger partial charge in [-0.1, -0.05) is 31.4 Å². The second kappa shape index (κ2) is 10.3. The Morgan fingerprint density at radius 1 is 0.935 bits per heavy atom. The van der Waals surface area contributed by atoms with Crippen LogP contribution in [0, 0.1) is 5.82 Å². The van der Waals surface area contributed by atoms with E-state index in [9.17, 15) is 14.0 Å². The molecule has 2 aromatic carbocycles. The van der Waals surface area contributed by atoms with Crippen LogP contribution in [0.4, 0.5) is 4.39 Å². The first-order valence-electron chi connectivity index (χ1n) is 10.5. The number of carbonyl (C=O) groups is 2. The molecule has 2 aromatic rings. The van der Waals surface area contributed by atoms with Gasteiger partial charge in [-0.05, 0) is 48.7 Å². The molecule has 1 saturated carbocycles. The molecule has 166 valence electrons. The number of amides is 2. The van der Waals surface area contributed by atoms with Gasteiger partial charge in [-0.3, -0.25) is 9.59 Å². The first-order chi connectivity index (χ1) is 15.0. The van der Waals surface area contributed by atoms with E-state index in [0.29, 0.717) is 23.6 Å². The average Bonchev–Trinajstić information content (AvgIpc) is 2.81. The molecule has 2 N–H and O–H groups in total. The fourth-order valence-electron chi connectivity index (χ4n) is 4.17. The number of carbonyl (C=O) groups excluding carboxylic acids is 2. The summed E-state index contributed by atoms with van der Waals surface area (Å²) in [6.07, 6.45) is 5.19. The van der Waals surface area contributed by atoms with Crippen molar-refractivity contribution in [1.29, 1.82) is 0 Å². The molecule has 0 heterocycles. The number of nitrogens with one attached hydrogen (secondary N) is 2. The number of benzene rings is 2. The van der Waals surface area contributed by atoms with Crippen LogP contribution in [0.1, 0.15) is 48.0 Å². The number of ether oxygens (including phenoxy) is 2. The first kappa shape index (κ1) is 22.6. The highest BCUT2D eigenvalue weighted by molar-refractivity contribution is 5.97. The minimum absolute atomic E-state index is 0.132. The Morgan fingerprint density at radius 3 is 2.26 bits per heavy atom. The minimum atomic E-state index is -0.373. The normalized spacial score (nSPS) is 15.1. The van der Waals surface area contributed by atoms with E-state index in [-0.39, 0.29) is 29.6 Å². The Hall–Kier alpha value is -3.09. The monoisotopic (exact) mass is 428 g/mol. The van der Waals surface area contributed by atoms with Gasteiger partial charge in [0.25, 0.3) is 5.91 Å². The molecule has 0 bridgehead atoms. The van der Waals surface area contributed by atoms with Gasteiger partial charge in [0.1, 0.15) is 5.82 Å². The molecule has 1 aliphatic carbocycles. The maximum atomic E-state index is 13.4. The summed E-state index contributed by atoms with van der Waals surface area (Å²) in [6.45, 7) is 0.330. The second-order valence-corrected chi connectivity index (χ2v) is 7.88. The van der Waals surface area contributed by atoms with Gasteiger partial charge in [0.05, 0.1) is 20.8 Å². The molecule has 2 amide bonds. The van der Waals surface area contributed by atoms with E-state index >= 15 is 0 Å². The molecule has 31 heavy (non-hydrogen) atoms. The molecule has 7 heteroatoms. The molecule has 0 aliphatic heterocycles. The molecule has 0 atom stereocenters. The predicted molar refractivity (Wildman–Crippen MR) is 116 cm³/mol. The number of hydrogen-bond acceptors (Lipinski definition) is 4. The molecule has 0 unspecified atom stereocenters. The zero-order chi connectivity index (χ0) is 22.3. The number of rotatable bonds is 8. The number of methoxy groups -OCH3 is 2. The molecule has 6 nitrogen and oxygen atoms in total. The Labute approximate surface area is 182 Å². The summed E-state index contributed by atoms with van der Waals surface area (Å²) < 4.78 is 23.8. The summed E-state index contributed by atoms with van der Waals surface area (Å²) >= 11 is 0. The van der Waals surface area contributed by atoms with Crippen LogP contribution in [0.3, 0.4) is 0 Å². The Bertz CT molecular complexity index is 908. The van der Waals surface area contributed by atoms with Gasteiger partial charge in [0.15, 0.2) is 11.5 Å². The van der Waals surface area contributed by atoms with E-state index in [4.69, 9.17) is 9.47 Å². The highest BCUT2D eigenvalue weighted by Crippen LogP contribution is 2.39. The van der Waals surface area contributed by atoms with Crippen molar-refractivity contribution in [2.45, 2.75) is 37.5 Å². The zero-order valence-electron chi connectivity index (χ0n) is 18.0. The van der Waals surface area contributed by atoms with Crippen molar-refractivity contribution in [3.05, 3.63) is 59.4 Å². The first-order valence-corrected chi connectivity index (χ1v) is 10.5. The Morgan fingerprint density at radius 2 is 1.61 bits per heavy atom. The fraction of sp³-hybridized carbons (Fsp3) is 0.417. The summed E-state index contributed by atoms with van der Waals surface area (Å²) in [4.78, 5) is 24.9. The Balaban J connectivity index is 1.58. The molecule has 1 fully saturated rings. The van der Waals surface area contributed by atoms with Crippen LogP contribution < -0.4 is 20.1 Å². The fourth-order valence-corrected chi connectivity index (χ4v) is 4.17. The lowest BCUT2D eigenvalue weighted by Crippen LogP contribution is -2.45. The topological polar surface area (TPSA) is 76.7 Å². The van der Waals surface area contributed by atoms with Gasteiger partial charge in [0.2, 0.25) is 5.91 Å². The number of halogens is 1. The molecule has 0 saturated heterocycles. The van der Waals surface area contributed by atoms with Gasteiger partial charge in [-0.25, -0.2) is 4.39 Å². The smallest absolute Gasteiger partial charge is 0.251 e. The van der Waals surface area contributed by atoms with E-state index < -0.39 is 0 Å². The molecule has 0 spiro atoms. The van der Waals surface area contributed by atoms with Gasteiger partial charge < -0.3 is 20.1 Å². The largest absolute Gasteiger partial charge is 0.493 e. The van der Waals surface area contributed by atoms with Crippen LogP contribution in [0.2, 0.25) is 0 Å².